The zero-order valence-corrected chi connectivity index (χ0v) is 14.9. The molecule has 0 bridgehead atoms. The molecule has 1 fully saturated rings. The number of hydrogen-bond acceptors (Lipinski definition) is 4. The summed E-state index contributed by atoms with van der Waals surface area (Å²) in [4.78, 5) is 29.8. The summed E-state index contributed by atoms with van der Waals surface area (Å²) < 4.78 is 0. The van der Waals surface area contributed by atoms with Gasteiger partial charge < -0.3 is 9.80 Å². The van der Waals surface area contributed by atoms with Crippen molar-refractivity contribution in [2.24, 2.45) is 0 Å². The Morgan fingerprint density at radius 3 is 2.27 bits per heavy atom. The summed E-state index contributed by atoms with van der Waals surface area (Å²) in [6.07, 6.45) is 0. The van der Waals surface area contributed by atoms with Crippen molar-refractivity contribution in [1.29, 1.82) is 0 Å². The highest BCUT2D eigenvalue weighted by Crippen LogP contribution is 2.23. The average molecular weight is 366 g/mol. The lowest BCUT2D eigenvalue weighted by Crippen LogP contribution is -2.50. The first-order valence-corrected chi connectivity index (χ1v) is 9.33. The summed E-state index contributed by atoms with van der Waals surface area (Å²) in [7, 11) is 0. The zero-order valence-electron chi connectivity index (χ0n) is 14.1. The fraction of sp³-hybridized carbons (Fsp3) is 0.211. The van der Waals surface area contributed by atoms with Crippen LogP contribution < -0.4 is 0 Å². The molecule has 6 nitrogen and oxygen atoms in total. The van der Waals surface area contributed by atoms with Gasteiger partial charge in [0.15, 0.2) is 5.69 Å². The third kappa shape index (κ3) is 3.25. The molecule has 1 aliphatic heterocycles. The van der Waals surface area contributed by atoms with E-state index in [1.54, 1.807) is 27.2 Å². The van der Waals surface area contributed by atoms with E-state index < -0.39 is 0 Å². The Morgan fingerprint density at radius 1 is 0.923 bits per heavy atom. The Bertz CT molecular complexity index is 897. The average Bonchev–Trinajstić information content (AvgIpc) is 3.39. The molecule has 1 aromatic carbocycles. The number of carbonyl (C=O) groups is 2. The number of benzene rings is 1. The van der Waals surface area contributed by atoms with Crippen LogP contribution in [-0.4, -0.2) is 58.0 Å². The van der Waals surface area contributed by atoms with Crippen molar-refractivity contribution in [2.75, 3.05) is 26.2 Å². The van der Waals surface area contributed by atoms with Crippen molar-refractivity contribution < 1.29 is 9.59 Å². The molecule has 2 aromatic heterocycles. The van der Waals surface area contributed by atoms with Crippen molar-refractivity contribution in [1.82, 2.24) is 20.0 Å². The van der Waals surface area contributed by atoms with Crippen molar-refractivity contribution in [3.05, 3.63) is 65.2 Å². The van der Waals surface area contributed by atoms with Gasteiger partial charge in [-0.25, -0.2) is 0 Å². The van der Waals surface area contributed by atoms with Gasteiger partial charge in [0, 0.05) is 31.7 Å². The van der Waals surface area contributed by atoms with Gasteiger partial charge in [0.1, 0.15) is 0 Å². The molecule has 3 heterocycles. The molecular weight excluding hydrogens is 348 g/mol. The molecule has 1 N–H and O–H groups in total. The van der Waals surface area contributed by atoms with Crippen LogP contribution >= 0.6 is 11.3 Å². The number of nitrogens with one attached hydrogen (secondary N) is 1. The topological polar surface area (TPSA) is 69.3 Å². The molecule has 7 heteroatoms. The van der Waals surface area contributed by atoms with Crippen LogP contribution in [0.4, 0.5) is 0 Å². The van der Waals surface area contributed by atoms with Crippen molar-refractivity contribution >= 4 is 23.2 Å². The number of aromatic nitrogens is 2. The quantitative estimate of drug-likeness (QED) is 0.775. The van der Waals surface area contributed by atoms with Gasteiger partial charge in [-0.05, 0) is 29.6 Å². The zero-order chi connectivity index (χ0) is 17.9. The van der Waals surface area contributed by atoms with Crippen LogP contribution in [-0.2, 0) is 0 Å². The van der Waals surface area contributed by atoms with E-state index in [9.17, 15) is 9.59 Å². The fourth-order valence-electron chi connectivity index (χ4n) is 3.03. The molecule has 0 spiro atoms. The Kier molecular flexibility index (Phi) is 4.53. The normalized spacial score (nSPS) is 14.5. The predicted molar refractivity (Wildman–Crippen MR) is 100 cm³/mol. The largest absolute Gasteiger partial charge is 0.335 e. The first-order valence-electron chi connectivity index (χ1n) is 8.45. The molecule has 0 saturated carbocycles. The predicted octanol–water partition coefficient (Wildman–Crippen LogP) is 2.74. The number of rotatable bonds is 3. The lowest BCUT2D eigenvalue weighted by molar-refractivity contribution is 0.0532. The van der Waals surface area contributed by atoms with Crippen molar-refractivity contribution in [3.8, 4) is 10.6 Å². The summed E-state index contributed by atoms with van der Waals surface area (Å²) in [6, 6.07) is 15.0. The van der Waals surface area contributed by atoms with Gasteiger partial charge >= 0.3 is 0 Å². The molecule has 0 radical (unpaired) electrons. The minimum absolute atomic E-state index is 0.0115. The van der Waals surface area contributed by atoms with Crippen LogP contribution in [0.5, 0.6) is 0 Å². The number of aromatic amines is 1. The number of H-pyrrole nitrogens is 1. The molecular formula is C19H18N4O2S. The van der Waals surface area contributed by atoms with Gasteiger partial charge in [-0.15, -0.1) is 11.3 Å². The molecule has 4 rings (SSSR count). The Morgan fingerprint density at radius 2 is 1.62 bits per heavy atom. The van der Waals surface area contributed by atoms with Gasteiger partial charge in [-0.3, -0.25) is 14.7 Å². The third-order valence-electron chi connectivity index (χ3n) is 4.46. The summed E-state index contributed by atoms with van der Waals surface area (Å²) in [6.45, 7) is 2.08. The monoisotopic (exact) mass is 366 g/mol. The molecule has 0 unspecified atom stereocenters. The van der Waals surface area contributed by atoms with E-state index in [1.165, 1.54) is 0 Å². The van der Waals surface area contributed by atoms with Crippen LogP contribution in [0.2, 0.25) is 0 Å². The number of hydrogen-bond donors (Lipinski definition) is 1. The lowest BCUT2D eigenvalue weighted by Gasteiger charge is -2.34. The first-order chi connectivity index (χ1) is 12.7. The summed E-state index contributed by atoms with van der Waals surface area (Å²) >= 11 is 1.60. The second kappa shape index (κ2) is 7.13. The number of carbonyl (C=O) groups excluding carboxylic acids is 2. The van der Waals surface area contributed by atoms with E-state index in [0.717, 1.165) is 10.6 Å². The van der Waals surface area contributed by atoms with Crippen molar-refractivity contribution in [2.45, 2.75) is 0 Å². The number of nitrogens with zero attached hydrogens (tertiary/aromatic N) is 3. The first kappa shape index (κ1) is 16.5. The van der Waals surface area contributed by atoms with E-state index in [4.69, 9.17) is 0 Å². The SMILES string of the molecule is O=C(c1ccccc1)N1CCN(C(=O)c2cc(-c3cccs3)[nH]n2)CC1. The number of piperazine rings is 1. The van der Waals surface area contributed by atoms with Crippen LogP contribution in [0.15, 0.2) is 53.9 Å². The van der Waals surface area contributed by atoms with Crippen LogP contribution in [0.3, 0.4) is 0 Å². The molecule has 0 atom stereocenters. The summed E-state index contributed by atoms with van der Waals surface area (Å²) in [5.74, 6) is -0.0895. The maximum Gasteiger partial charge on any atom is 0.274 e. The molecule has 3 aromatic rings. The molecule has 1 aliphatic rings. The van der Waals surface area contributed by atoms with E-state index in [-0.39, 0.29) is 11.8 Å². The van der Waals surface area contributed by atoms with Crippen molar-refractivity contribution in [3.63, 3.8) is 0 Å². The number of thiophene rings is 1. The highest BCUT2D eigenvalue weighted by Gasteiger charge is 2.26. The maximum absolute atomic E-state index is 12.7. The molecule has 1 saturated heterocycles. The second-order valence-electron chi connectivity index (χ2n) is 6.09. The van der Waals surface area contributed by atoms with E-state index in [0.29, 0.717) is 37.4 Å². The highest BCUT2D eigenvalue weighted by molar-refractivity contribution is 7.13. The van der Waals surface area contributed by atoms with Crippen LogP contribution in [0.25, 0.3) is 10.6 Å². The van der Waals surface area contributed by atoms with Crippen LogP contribution in [0, 0.1) is 0 Å². The lowest BCUT2D eigenvalue weighted by atomic mass is 10.2. The van der Waals surface area contributed by atoms with E-state index >= 15 is 0 Å². The third-order valence-corrected chi connectivity index (χ3v) is 5.36. The summed E-state index contributed by atoms with van der Waals surface area (Å²) in [5.41, 5.74) is 1.94. The number of amides is 2. The van der Waals surface area contributed by atoms with E-state index in [2.05, 4.69) is 10.2 Å². The fourth-order valence-corrected chi connectivity index (χ4v) is 3.72. The summed E-state index contributed by atoms with van der Waals surface area (Å²) in [5, 5.41) is 9.07. The minimum Gasteiger partial charge on any atom is -0.335 e. The molecule has 2 amide bonds. The van der Waals surface area contributed by atoms with Gasteiger partial charge in [-0.1, -0.05) is 24.3 Å². The highest BCUT2D eigenvalue weighted by atomic mass is 32.1. The second-order valence-corrected chi connectivity index (χ2v) is 7.04. The smallest absolute Gasteiger partial charge is 0.274 e. The van der Waals surface area contributed by atoms with Crippen LogP contribution in [0.1, 0.15) is 20.8 Å². The standard InChI is InChI=1S/C19H18N4O2S/c24-18(14-5-2-1-3-6-14)22-8-10-23(11-9-22)19(25)16-13-15(20-21-16)17-7-4-12-26-17/h1-7,12-13H,8-11H2,(H,20,21). The Balaban J connectivity index is 1.39. The van der Waals surface area contributed by atoms with Gasteiger partial charge in [0.2, 0.25) is 0 Å². The molecule has 0 aliphatic carbocycles. The van der Waals surface area contributed by atoms with Gasteiger partial charge in [0.05, 0.1) is 10.6 Å². The Labute approximate surface area is 155 Å². The van der Waals surface area contributed by atoms with Gasteiger partial charge in [0.25, 0.3) is 11.8 Å². The van der Waals surface area contributed by atoms with Gasteiger partial charge in [-0.2, -0.15) is 5.10 Å². The van der Waals surface area contributed by atoms with E-state index in [1.807, 2.05) is 47.8 Å². The Hall–Kier alpha value is -2.93. The maximum atomic E-state index is 12.7. The minimum atomic E-state index is -0.101. The molecule has 26 heavy (non-hydrogen) atoms. The molecule has 132 valence electrons.